The second kappa shape index (κ2) is 14.2. The van der Waals surface area contributed by atoms with Gasteiger partial charge in [-0.3, -0.25) is 0 Å². The number of ether oxygens (including phenoxy) is 2. The molecule has 0 spiro atoms. The van der Waals surface area contributed by atoms with Gasteiger partial charge in [-0.05, 0) is 61.2 Å². The van der Waals surface area contributed by atoms with E-state index in [1.165, 1.54) is 38.5 Å². The van der Waals surface area contributed by atoms with Crippen LogP contribution >= 0.6 is 0 Å². The van der Waals surface area contributed by atoms with Crippen LogP contribution in [0.15, 0.2) is 0 Å². The fourth-order valence-electron chi connectivity index (χ4n) is 10.7. The molecule has 238 valence electrons. The van der Waals surface area contributed by atoms with E-state index >= 15 is 0 Å². The smallest absolute Gasteiger partial charge is 0.0848 e. The minimum atomic E-state index is 0.145. The quantitative estimate of drug-likeness (QED) is 0.329. The summed E-state index contributed by atoms with van der Waals surface area (Å²) < 4.78 is 11.9. The second-order valence-electron chi connectivity index (χ2n) is 14.7. The molecule has 5 aliphatic rings. The Kier molecular flexibility index (Phi) is 11.1. The van der Waals surface area contributed by atoms with E-state index in [-0.39, 0.29) is 12.2 Å². The summed E-state index contributed by atoms with van der Waals surface area (Å²) in [7, 11) is 3.70. The first kappa shape index (κ1) is 32.1. The first-order chi connectivity index (χ1) is 19.9. The van der Waals surface area contributed by atoms with Crippen LogP contribution < -0.4 is 26.6 Å². The maximum atomic E-state index is 5.95. The first-order valence-corrected chi connectivity index (χ1v) is 17.7. The number of hydrogen-bond acceptors (Lipinski definition) is 7. The summed E-state index contributed by atoms with van der Waals surface area (Å²) in [6.45, 7) is 16.8. The molecule has 4 aliphatic heterocycles. The molecule has 5 fully saturated rings. The molecule has 0 aromatic rings. The van der Waals surface area contributed by atoms with E-state index in [1.54, 1.807) is 0 Å². The lowest BCUT2D eigenvalue weighted by molar-refractivity contribution is -0.0728. The van der Waals surface area contributed by atoms with Crippen molar-refractivity contribution in [1.29, 1.82) is 0 Å². The number of nitrogens with one attached hydrogen (secondary N) is 5. The highest BCUT2D eigenvalue weighted by Gasteiger charge is 2.49. The van der Waals surface area contributed by atoms with E-state index in [0.29, 0.717) is 60.2 Å². The summed E-state index contributed by atoms with van der Waals surface area (Å²) in [5.74, 6) is 4.42. The highest BCUT2D eigenvalue weighted by molar-refractivity contribution is 5.07. The fraction of sp³-hybridized carbons (Fsp3) is 1.00. The Morgan fingerprint density at radius 2 is 0.805 bits per heavy atom. The van der Waals surface area contributed by atoms with Crippen molar-refractivity contribution in [2.45, 2.75) is 153 Å². The molecule has 7 heteroatoms. The number of hydrogen-bond donors (Lipinski definition) is 5. The largest absolute Gasteiger partial charge is 0.379 e. The van der Waals surface area contributed by atoms with Gasteiger partial charge >= 0.3 is 0 Å². The zero-order valence-corrected chi connectivity index (χ0v) is 27.6. The predicted octanol–water partition coefficient (Wildman–Crippen LogP) is 3.92. The van der Waals surface area contributed by atoms with E-state index in [2.05, 4.69) is 68.1 Å². The molecule has 0 aromatic heterocycles. The zero-order valence-electron chi connectivity index (χ0n) is 27.6. The number of methoxy groups -OCH3 is 2. The van der Waals surface area contributed by atoms with E-state index in [9.17, 15) is 0 Å². The van der Waals surface area contributed by atoms with Gasteiger partial charge < -0.3 is 36.1 Å². The van der Waals surface area contributed by atoms with Gasteiger partial charge in [-0.1, -0.05) is 67.2 Å². The highest BCUT2D eigenvalue weighted by atomic mass is 16.5. The maximum absolute atomic E-state index is 5.95. The van der Waals surface area contributed by atoms with Crippen molar-refractivity contribution in [3.05, 3.63) is 0 Å². The summed E-state index contributed by atoms with van der Waals surface area (Å²) in [5.41, 5.74) is 0. The van der Waals surface area contributed by atoms with E-state index in [4.69, 9.17) is 9.47 Å². The monoisotopic (exact) mass is 576 g/mol. The molecule has 5 N–H and O–H groups in total. The zero-order chi connectivity index (χ0) is 29.3. The van der Waals surface area contributed by atoms with Crippen LogP contribution in [0.4, 0.5) is 0 Å². The lowest BCUT2D eigenvalue weighted by Crippen LogP contribution is -2.60. The summed E-state index contributed by atoms with van der Waals surface area (Å²) >= 11 is 0. The average molecular weight is 576 g/mol. The molecule has 41 heavy (non-hydrogen) atoms. The molecule has 0 radical (unpaired) electrons. The maximum Gasteiger partial charge on any atom is 0.0848 e. The molecule has 6 bridgehead atoms. The lowest BCUT2D eigenvalue weighted by atomic mass is 9.77. The van der Waals surface area contributed by atoms with E-state index in [0.717, 1.165) is 49.6 Å². The Balaban J connectivity index is 1.42. The van der Waals surface area contributed by atoms with Crippen LogP contribution in [-0.2, 0) is 9.47 Å². The molecular formula is C34H65N5O2. The molecule has 16 unspecified atom stereocenters. The van der Waals surface area contributed by atoms with Crippen LogP contribution in [0.2, 0.25) is 0 Å². The van der Waals surface area contributed by atoms with Crippen molar-refractivity contribution in [3.63, 3.8) is 0 Å². The predicted molar refractivity (Wildman–Crippen MR) is 169 cm³/mol. The highest BCUT2D eigenvalue weighted by Crippen LogP contribution is 2.42. The molecule has 0 amide bonds. The van der Waals surface area contributed by atoms with Crippen LogP contribution in [0, 0.1) is 35.5 Å². The van der Waals surface area contributed by atoms with Gasteiger partial charge in [0.2, 0.25) is 0 Å². The normalized spacial score (nSPS) is 50.9. The van der Waals surface area contributed by atoms with Crippen molar-refractivity contribution in [3.8, 4) is 0 Å². The molecule has 0 aromatic carbocycles. The van der Waals surface area contributed by atoms with Gasteiger partial charge in [0, 0.05) is 75.6 Å². The summed E-state index contributed by atoms with van der Waals surface area (Å²) in [4.78, 5) is 0. The number of fused-ring (bicyclic) bond motifs is 7. The van der Waals surface area contributed by atoms with Crippen molar-refractivity contribution in [2.24, 2.45) is 35.5 Å². The molecule has 1 saturated carbocycles. The van der Waals surface area contributed by atoms with Gasteiger partial charge in [-0.2, -0.15) is 0 Å². The summed E-state index contributed by atoms with van der Waals surface area (Å²) in [5, 5.41) is 20.8. The van der Waals surface area contributed by atoms with Crippen LogP contribution in [0.5, 0.6) is 0 Å². The average Bonchev–Trinajstić information content (AvgIpc) is 3.58. The Hall–Kier alpha value is -0.280. The molecule has 7 nitrogen and oxygen atoms in total. The topological polar surface area (TPSA) is 78.6 Å². The van der Waals surface area contributed by atoms with Gasteiger partial charge in [-0.15, -0.1) is 0 Å². The molecule has 1 aliphatic carbocycles. The van der Waals surface area contributed by atoms with Crippen molar-refractivity contribution < 1.29 is 9.47 Å². The van der Waals surface area contributed by atoms with Gasteiger partial charge in [0.15, 0.2) is 0 Å². The molecular weight excluding hydrogens is 510 g/mol. The second-order valence-corrected chi connectivity index (χ2v) is 14.7. The minimum absolute atomic E-state index is 0.145. The Morgan fingerprint density at radius 3 is 1.15 bits per heavy atom. The molecule has 16 atom stereocenters. The van der Waals surface area contributed by atoms with Gasteiger partial charge in [0.1, 0.15) is 0 Å². The van der Waals surface area contributed by atoms with Crippen LogP contribution in [0.1, 0.15) is 92.9 Å². The molecule has 4 heterocycles. The first-order valence-electron chi connectivity index (χ1n) is 17.7. The van der Waals surface area contributed by atoms with Gasteiger partial charge in [0.05, 0.1) is 12.2 Å². The van der Waals surface area contributed by atoms with Gasteiger partial charge in [-0.25, -0.2) is 0 Å². The third kappa shape index (κ3) is 6.43. The Bertz CT molecular complexity index is 752. The Labute approximate surface area is 252 Å². The third-order valence-electron chi connectivity index (χ3n) is 13.1. The van der Waals surface area contributed by atoms with Crippen molar-refractivity contribution >= 4 is 0 Å². The third-order valence-corrected chi connectivity index (χ3v) is 13.1. The van der Waals surface area contributed by atoms with Gasteiger partial charge in [0.25, 0.3) is 0 Å². The SMILES string of the molecule is CCC1C2CC3NC(CC4NC(CNC5CC(OC)C(OC)CC5NCC(N2)C1C)C(C)C4CC)C(CC)C3CC. The summed E-state index contributed by atoms with van der Waals surface area (Å²) in [6.07, 6.45) is 9.93. The minimum Gasteiger partial charge on any atom is -0.379 e. The van der Waals surface area contributed by atoms with Crippen molar-refractivity contribution in [1.82, 2.24) is 26.6 Å². The van der Waals surface area contributed by atoms with E-state index < -0.39 is 0 Å². The van der Waals surface area contributed by atoms with Crippen LogP contribution in [0.25, 0.3) is 0 Å². The fourth-order valence-corrected chi connectivity index (χ4v) is 10.7. The van der Waals surface area contributed by atoms with Crippen LogP contribution in [-0.4, -0.2) is 87.9 Å². The standard InChI is InChI=1S/C34H65N5O2/c1-9-21-19(5)31-17-35-29-15-33(40-7)34(41-8)16-30(29)36-18-32-20(6)22(10-2)26(39-32)14-28-24(12-4)23(11-3)27(37-28)13-25(21)38-31/h19-39H,9-18H2,1-8H3. The van der Waals surface area contributed by atoms with Crippen LogP contribution in [0.3, 0.4) is 0 Å². The van der Waals surface area contributed by atoms with Crippen molar-refractivity contribution in [2.75, 3.05) is 27.3 Å². The Morgan fingerprint density at radius 1 is 0.463 bits per heavy atom. The lowest BCUT2D eigenvalue weighted by Gasteiger charge is -2.42. The van der Waals surface area contributed by atoms with E-state index in [1.807, 2.05) is 14.2 Å². The number of rotatable bonds is 6. The summed E-state index contributed by atoms with van der Waals surface area (Å²) in [6, 6.07) is 4.26. The molecule has 4 saturated heterocycles. The molecule has 5 rings (SSSR count).